The highest BCUT2D eigenvalue weighted by atomic mass is 16.5. The number of carbonyl (C=O) groups is 3. The van der Waals surface area contributed by atoms with Crippen LogP contribution in [0.3, 0.4) is 0 Å². The number of nitrogens with zero attached hydrogens (tertiary/aromatic N) is 1. The minimum atomic E-state index is -0.889. The van der Waals surface area contributed by atoms with Crippen LogP contribution < -0.4 is 5.32 Å². The number of alkyl carbamates (subject to hydrolysis) is 1. The first-order valence-electron chi connectivity index (χ1n) is 11.1. The van der Waals surface area contributed by atoms with Gasteiger partial charge in [0.1, 0.15) is 12.6 Å². The molecule has 32 heavy (non-hydrogen) atoms. The fraction of sp³-hybridized carbons (Fsp3) is 0.400. The summed E-state index contributed by atoms with van der Waals surface area (Å²) in [7, 11) is 0. The number of fused-ring (bicyclic) bond motifs is 3. The molecule has 1 saturated heterocycles. The largest absolute Gasteiger partial charge is 0.481 e. The summed E-state index contributed by atoms with van der Waals surface area (Å²) >= 11 is 0. The van der Waals surface area contributed by atoms with Gasteiger partial charge in [-0.2, -0.15) is 0 Å². The molecule has 2 N–H and O–H groups in total. The molecule has 1 fully saturated rings. The van der Waals surface area contributed by atoms with Crippen LogP contribution in [0.4, 0.5) is 4.79 Å². The molecule has 1 heterocycles. The van der Waals surface area contributed by atoms with Crippen LogP contribution in [0.5, 0.6) is 0 Å². The summed E-state index contributed by atoms with van der Waals surface area (Å²) in [4.78, 5) is 38.3. The Morgan fingerprint density at radius 1 is 1.09 bits per heavy atom. The van der Waals surface area contributed by atoms with Gasteiger partial charge in [-0.3, -0.25) is 9.59 Å². The zero-order valence-electron chi connectivity index (χ0n) is 18.1. The Balaban J connectivity index is 1.38. The number of piperidine rings is 1. The third-order valence-electron chi connectivity index (χ3n) is 6.42. The molecule has 4 rings (SSSR count). The van der Waals surface area contributed by atoms with Crippen molar-refractivity contribution in [3.05, 3.63) is 59.7 Å². The molecule has 0 saturated carbocycles. The van der Waals surface area contributed by atoms with E-state index in [0.717, 1.165) is 22.3 Å². The molecule has 7 heteroatoms. The Bertz CT molecular complexity index is 975. The highest BCUT2D eigenvalue weighted by Crippen LogP contribution is 2.44. The summed E-state index contributed by atoms with van der Waals surface area (Å²) in [6.45, 7) is 2.67. The first-order valence-corrected chi connectivity index (χ1v) is 11.1. The van der Waals surface area contributed by atoms with E-state index in [9.17, 15) is 19.5 Å². The molecule has 2 aromatic rings. The number of benzene rings is 2. The van der Waals surface area contributed by atoms with Crippen molar-refractivity contribution < 1.29 is 24.2 Å². The van der Waals surface area contributed by atoms with Crippen molar-refractivity contribution in [2.45, 2.75) is 38.1 Å². The molecule has 2 amide bonds. The second kappa shape index (κ2) is 9.42. The number of rotatable bonds is 6. The summed E-state index contributed by atoms with van der Waals surface area (Å²) in [6, 6.07) is 15.5. The molecule has 2 aromatic carbocycles. The Hall–Kier alpha value is -3.35. The van der Waals surface area contributed by atoms with Crippen LogP contribution in [-0.4, -0.2) is 53.7 Å². The number of likely N-dealkylation sites (tertiary alicyclic amines) is 1. The SMILES string of the molecule is CC[C@@H](NC(=O)OCC1c2ccccc2-c2ccccc21)C(=O)N1CCC[C@H](C(=O)O)C1. The van der Waals surface area contributed by atoms with Gasteiger partial charge in [-0.15, -0.1) is 0 Å². The van der Waals surface area contributed by atoms with Crippen LogP contribution in [-0.2, 0) is 14.3 Å². The number of hydrogen-bond acceptors (Lipinski definition) is 4. The number of carbonyl (C=O) groups excluding carboxylic acids is 2. The van der Waals surface area contributed by atoms with Crippen LogP contribution in [0.15, 0.2) is 48.5 Å². The quantitative estimate of drug-likeness (QED) is 0.721. The Morgan fingerprint density at radius 2 is 1.72 bits per heavy atom. The lowest BCUT2D eigenvalue weighted by Crippen LogP contribution is -2.52. The molecule has 1 aliphatic carbocycles. The van der Waals surface area contributed by atoms with Crippen molar-refractivity contribution in [3.63, 3.8) is 0 Å². The Labute approximate surface area is 187 Å². The van der Waals surface area contributed by atoms with Gasteiger partial charge in [0.05, 0.1) is 5.92 Å². The molecule has 2 aliphatic rings. The minimum Gasteiger partial charge on any atom is -0.481 e. The molecular weight excluding hydrogens is 408 g/mol. The highest BCUT2D eigenvalue weighted by molar-refractivity contribution is 5.86. The zero-order valence-corrected chi connectivity index (χ0v) is 18.1. The topological polar surface area (TPSA) is 95.9 Å². The van der Waals surface area contributed by atoms with Gasteiger partial charge in [0.25, 0.3) is 0 Å². The maximum atomic E-state index is 12.9. The molecule has 0 radical (unpaired) electrons. The average Bonchev–Trinajstić information content (AvgIpc) is 3.14. The minimum absolute atomic E-state index is 0.0534. The predicted molar refractivity (Wildman–Crippen MR) is 119 cm³/mol. The van der Waals surface area contributed by atoms with E-state index in [2.05, 4.69) is 29.6 Å². The average molecular weight is 437 g/mol. The Kier molecular flexibility index (Phi) is 6.44. The third-order valence-corrected chi connectivity index (χ3v) is 6.42. The van der Waals surface area contributed by atoms with Crippen LogP contribution in [0.25, 0.3) is 11.1 Å². The molecule has 2 atom stereocenters. The molecule has 0 spiro atoms. The smallest absolute Gasteiger partial charge is 0.407 e. The molecule has 0 unspecified atom stereocenters. The second-order valence-electron chi connectivity index (χ2n) is 8.39. The van der Waals surface area contributed by atoms with Gasteiger partial charge in [-0.25, -0.2) is 4.79 Å². The van der Waals surface area contributed by atoms with Crippen molar-refractivity contribution in [1.29, 1.82) is 0 Å². The standard InChI is InChI=1S/C25H28N2O5/c1-2-22(23(28)27-13-7-8-16(14-27)24(29)30)26-25(31)32-15-21-19-11-5-3-9-17(19)18-10-4-6-12-20(18)21/h3-6,9-12,16,21-22H,2,7-8,13-15H2,1H3,(H,26,31)(H,29,30)/t16-,22+/m0/s1. The van der Waals surface area contributed by atoms with Crippen LogP contribution in [0, 0.1) is 5.92 Å². The molecular formula is C25H28N2O5. The fourth-order valence-electron chi connectivity index (χ4n) is 4.72. The summed E-state index contributed by atoms with van der Waals surface area (Å²) in [6.07, 6.45) is 0.968. The van der Waals surface area contributed by atoms with E-state index in [1.165, 1.54) is 0 Å². The normalized spacial score (nSPS) is 18.4. The zero-order chi connectivity index (χ0) is 22.7. The lowest BCUT2D eigenvalue weighted by atomic mass is 9.97. The summed E-state index contributed by atoms with van der Waals surface area (Å²) in [5.74, 6) is -1.76. The van der Waals surface area contributed by atoms with Gasteiger partial charge in [-0.05, 0) is 41.5 Å². The summed E-state index contributed by atoms with van der Waals surface area (Å²) < 4.78 is 5.55. The molecule has 7 nitrogen and oxygen atoms in total. The van der Waals surface area contributed by atoms with Gasteiger partial charge in [0.2, 0.25) is 5.91 Å². The second-order valence-corrected chi connectivity index (χ2v) is 8.39. The first-order chi connectivity index (χ1) is 15.5. The maximum Gasteiger partial charge on any atom is 0.407 e. The summed E-state index contributed by atoms with van der Waals surface area (Å²) in [5, 5.41) is 11.9. The number of amides is 2. The van der Waals surface area contributed by atoms with Crippen molar-refractivity contribution in [2.24, 2.45) is 5.92 Å². The molecule has 0 bridgehead atoms. The monoisotopic (exact) mass is 436 g/mol. The van der Waals surface area contributed by atoms with Gasteiger partial charge in [-0.1, -0.05) is 55.5 Å². The van der Waals surface area contributed by atoms with Gasteiger partial charge >= 0.3 is 12.1 Å². The lowest BCUT2D eigenvalue weighted by Gasteiger charge is -2.33. The number of ether oxygens (including phenoxy) is 1. The third kappa shape index (κ3) is 4.33. The van der Waals surface area contributed by atoms with Crippen molar-refractivity contribution in [3.8, 4) is 11.1 Å². The number of hydrogen-bond donors (Lipinski definition) is 2. The van der Waals surface area contributed by atoms with E-state index in [1.54, 1.807) is 4.90 Å². The molecule has 168 valence electrons. The Morgan fingerprint density at radius 3 is 2.31 bits per heavy atom. The van der Waals surface area contributed by atoms with E-state index in [1.807, 2.05) is 31.2 Å². The van der Waals surface area contributed by atoms with Crippen LogP contribution in [0.2, 0.25) is 0 Å². The van der Waals surface area contributed by atoms with Gasteiger partial charge < -0.3 is 20.1 Å². The van der Waals surface area contributed by atoms with Crippen molar-refractivity contribution >= 4 is 18.0 Å². The van der Waals surface area contributed by atoms with Gasteiger partial charge in [0, 0.05) is 19.0 Å². The van der Waals surface area contributed by atoms with E-state index >= 15 is 0 Å². The van der Waals surface area contributed by atoms with Crippen molar-refractivity contribution in [2.75, 3.05) is 19.7 Å². The van der Waals surface area contributed by atoms with E-state index in [0.29, 0.717) is 25.8 Å². The summed E-state index contributed by atoms with van der Waals surface area (Å²) in [5.41, 5.74) is 4.55. The maximum absolute atomic E-state index is 12.9. The predicted octanol–water partition coefficient (Wildman–Crippen LogP) is 3.63. The fourth-order valence-corrected chi connectivity index (χ4v) is 4.72. The van der Waals surface area contributed by atoms with E-state index in [4.69, 9.17) is 4.74 Å². The number of aliphatic carboxylic acids is 1. The number of carboxylic acids is 1. The van der Waals surface area contributed by atoms with Gasteiger partial charge in [0.15, 0.2) is 0 Å². The van der Waals surface area contributed by atoms with E-state index in [-0.39, 0.29) is 25.0 Å². The molecule has 1 aliphatic heterocycles. The number of nitrogens with one attached hydrogen (secondary N) is 1. The number of carboxylic acid groups (broad SMARTS) is 1. The van der Waals surface area contributed by atoms with Crippen LogP contribution >= 0.6 is 0 Å². The first kappa shape index (κ1) is 21.9. The van der Waals surface area contributed by atoms with Crippen LogP contribution in [0.1, 0.15) is 43.2 Å². The van der Waals surface area contributed by atoms with E-state index < -0.39 is 24.0 Å². The highest BCUT2D eigenvalue weighted by Gasteiger charge is 2.33. The molecule has 0 aromatic heterocycles. The lowest BCUT2D eigenvalue weighted by molar-refractivity contribution is -0.146. The van der Waals surface area contributed by atoms with Crippen molar-refractivity contribution in [1.82, 2.24) is 10.2 Å².